The first-order chi connectivity index (χ1) is 9.75. The van der Waals surface area contributed by atoms with Crippen LogP contribution in [0.3, 0.4) is 0 Å². The van der Waals surface area contributed by atoms with Crippen LogP contribution in [0.4, 0.5) is 8.78 Å². The first-order valence-electron chi connectivity index (χ1n) is 8.81. The van der Waals surface area contributed by atoms with E-state index in [-0.39, 0.29) is 0 Å². The first kappa shape index (κ1) is 21.6. The Morgan fingerprint density at radius 3 is 1.29 bits per heavy atom. The van der Waals surface area contributed by atoms with Crippen molar-refractivity contribution < 1.29 is 8.78 Å². The average molecular weight is 425 g/mol. The molecule has 0 aromatic rings. The van der Waals surface area contributed by atoms with Crippen LogP contribution in [-0.2, 0) is 0 Å². The monoisotopic (exact) mass is 426 g/mol. The quantitative estimate of drug-likeness (QED) is 0.303. The molecule has 0 spiro atoms. The van der Waals surface area contributed by atoms with Crippen molar-refractivity contribution in [2.75, 3.05) is 0 Å². The van der Waals surface area contributed by atoms with Crippen LogP contribution in [0.5, 0.6) is 0 Å². The SMILES string of the molecule is CCC[CH2][Sn]([CH2]CCC)([CH2]CCC)[C](=C(F)F)[Si](C)(C)C. The second-order valence-corrected chi connectivity index (χ2v) is 26.9. The van der Waals surface area contributed by atoms with E-state index in [9.17, 15) is 8.78 Å². The molecule has 0 radical (unpaired) electrons. The molecule has 0 amide bonds. The van der Waals surface area contributed by atoms with Gasteiger partial charge in [0.25, 0.3) is 0 Å². The Morgan fingerprint density at radius 1 is 0.762 bits per heavy atom. The Hall–Kier alpha value is 0.616. The van der Waals surface area contributed by atoms with Gasteiger partial charge in [-0.3, -0.25) is 0 Å². The van der Waals surface area contributed by atoms with E-state index in [0.717, 1.165) is 55.0 Å². The van der Waals surface area contributed by atoms with Crippen LogP contribution in [-0.4, -0.2) is 26.5 Å². The molecule has 0 nitrogen and oxygen atoms in total. The van der Waals surface area contributed by atoms with Crippen molar-refractivity contribution >= 4 is 26.5 Å². The van der Waals surface area contributed by atoms with Gasteiger partial charge in [-0.15, -0.1) is 0 Å². The summed E-state index contributed by atoms with van der Waals surface area (Å²) in [6.45, 7) is 13.0. The van der Waals surface area contributed by atoms with E-state index < -0.39 is 32.5 Å². The number of hydrogen-bond acceptors (Lipinski definition) is 0. The van der Waals surface area contributed by atoms with Gasteiger partial charge < -0.3 is 0 Å². The number of rotatable bonds is 11. The second-order valence-electron chi connectivity index (χ2n) is 7.48. The van der Waals surface area contributed by atoms with Crippen LogP contribution in [0.1, 0.15) is 59.3 Å². The minimum atomic E-state index is -2.90. The van der Waals surface area contributed by atoms with Crippen molar-refractivity contribution in [1.29, 1.82) is 0 Å². The fraction of sp³-hybridized carbons (Fsp3) is 0.882. The third-order valence-electron chi connectivity index (χ3n) is 4.50. The van der Waals surface area contributed by atoms with E-state index in [1.807, 2.05) is 0 Å². The van der Waals surface area contributed by atoms with Gasteiger partial charge in [0.05, 0.1) is 0 Å². The standard InChI is InChI=1S/C5H9F2Si.3C4H9.Sn/c1-8(2,3)4-5(6)7;3*1-3-4-2;/h1-3H3;3*1,3-4H2,2H3;. The molecular formula is C17H36F2SiSn. The molecule has 0 fully saturated rings. The van der Waals surface area contributed by atoms with Gasteiger partial charge in [-0.25, -0.2) is 0 Å². The van der Waals surface area contributed by atoms with Gasteiger partial charge in [0.2, 0.25) is 0 Å². The zero-order valence-corrected chi connectivity index (χ0v) is 19.0. The molecule has 0 bridgehead atoms. The topological polar surface area (TPSA) is 0 Å². The Kier molecular flexibility index (Phi) is 10.7. The Labute approximate surface area is 136 Å². The van der Waals surface area contributed by atoms with Gasteiger partial charge in [0, 0.05) is 0 Å². The molecule has 0 aromatic heterocycles. The van der Waals surface area contributed by atoms with Crippen molar-refractivity contribution in [1.82, 2.24) is 0 Å². The van der Waals surface area contributed by atoms with Gasteiger partial charge in [-0.1, -0.05) is 0 Å². The van der Waals surface area contributed by atoms with E-state index in [2.05, 4.69) is 40.4 Å². The van der Waals surface area contributed by atoms with Crippen molar-refractivity contribution in [2.45, 2.75) is 92.2 Å². The second kappa shape index (κ2) is 10.4. The maximum absolute atomic E-state index is 13.9. The fourth-order valence-corrected chi connectivity index (χ4v) is 36.1. The van der Waals surface area contributed by atoms with E-state index in [4.69, 9.17) is 0 Å². The Bertz CT molecular complexity index is 295. The van der Waals surface area contributed by atoms with E-state index in [1.165, 1.54) is 0 Å². The summed E-state index contributed by atoms with van der Waals surface area (Å²) in [6.07, 6.45) is 5.63. The Morgan fingerprint density at radius 2 is 1.10 bits per heavy atom. The summed E-state index contributed by atoms with van der Waals surface area (Å²) in [5, 5.41) is 0. The van der Waals surface area contributed by atoms with E-state index in [0.29, 0.717) is 0 Å². The van der Waals surface area contributed by atoms with Crippen LogP contribution in [0, 0.1) is 0 Å². The summed E-state index contributed by atoms with van der Waals surface area (Å²) in [6, 6.07) is 0. The molecule has 0 heterocycles. The van der Waals surface area contributed by atoms with Gasteiger partial charge in [0.1, 0.15) is 0 Å². The van der Waals surface area contributed by atoms with Crippen LogP contribution >= 0.6 is 0 Å². The predicted octanol–water partition coefficient (Wildman–Crippen LogP) is 7.40. The number of halogens is 2. The number of hydrogen-bond donors (Lipinski definition) is 0. The van der Waals surface area contributed by atoms with Gasteiger partial charge >= 0.3 is 137 Å². The third kappa shape index (κ3) is 7.15. The average Bonchev–Trinajstić information content (AvgIpc) is 2.38. The van der Waals surface area contributed by atoms with Crippen molar-refractivity contribution in [3.63, 3.8) is 0 Å². The molecule has 0 atom stereocenters. The summed E-state index contributed by atoms with van der Waals surface area (Å²) in [5.74, 6) is 0. The molecule has 0 N–H and O–H groups in total. The maximum atomic E-state index is 13.9. The molecule has 21 heavy (non-hydrogen) atoms. The van der Waals surface area contributed by atoms with Crippen LogP contribution in [0.25, 0.3) is 0 Å². The molecule has 4 heteroatoms. The summed E-state index contributed by atoms with van der Waals surface area (Å²) in [7, 11) is -1.91. The van der Waals surface area contributed by atoms with Crippen LogP contribution in [0.2, 0.25) is 33.0 Å². The van der Waals surface area contributed by atoms with Gasteiger partial charge in [-0.05, 0) is 0 Å². The van der Waals surface area contributed by atoms with E-state index >= 15 is 0 Å². The van der Waals surface area contributed by atoms with Gasteiger partial charge in [0.15, 0.2) is 0 Å². The molecule has 0 aromatic carbocycles. The normalized spacial score (nSPS) is 12.6. The van der Waals surface area contributed by atoms with Crippen molar-refractivity contribution in [3.05, 3.63) is 9.29 Å². The molecule has 126 valence electrons. The van der Waals surface area contributed by atoms with Gasteiger partial charge in [-0.2, -0.15) is 0 Å². The third-order valence-corrected chi connectivity index (χ3v) is 31.0. The Balaban J connectivity index is 5.71. The molecule has 0 rings (SSSR count). The predicted molar refractivity (Wildman–Crippen MR) is 97.5 cm³/mol. The summed E-state index contributed by atoms with van der Waals surface area (Å²) >= 11 is -2.90. The summed E-state index contributed by atoms with van der Waals surface area (Å²) < 4.78 is 32.1. The fourth-order valence-electron chi connectivity index (χ4n) is 3.57. The molecule has 0 unspecified atom stereocenters. The zero-order valence-electron chi connectivity index (χ0n) is 15.1. The molecule has 0 aliphatic carbocycles. The molecular weight excluding hydrogens is 389 g/mol. The van der Waals surface area contributed by atoms with Crippen LogP contribution < -0.4 is 0 Å². The summed E-state index contributed by atoms with van der Waals surface area (Å²) in [4.78, 5) is 0. The number of unbranched alkanes of at least 4 members (excludes halogenated alkanes) is 3. The minimum absolute atomic E-state index is 0.784. The summed E-state index contributed by atoms with van der Waals surface area (Å²) in [5.41, 5.74) is 0. The molecule has 0 saturated carbocycles. The zero-order chi connectivity index (χ0) is 16.5. The molecule has 0 aliphatic heterocycles. The van der Waals surface area contributed by atoms with Crippen molar-refractivity contribution in [2.24, 2.45) is 0 Å². The van der Waals surface area contributed by atoms with Crippen LogP contribution in [0.15, 0.2) is 9.29 Å². The van der Waals surface area contributed by atoms with E-state index in [1.54, 1.807) is 0 Å². The first-order valence-corrected chi connectivity index (χ1v) is 19.8. The molecule has 0 saturated heterocycles. The van der Waals surface area contributed by atoms with Crippen molar-refractivity contribution in [3.8, 4) is 0 Å². The molecule has 0 aliphatic rings.